The van der Waals surface area contributed by atoms with Crippen LogP contribution in [0.5, 0.6) is 0 Å². The molecule has 240 valence electrons. The highest BCUT2D eigenvalue weighted by Gasteiger charge is 2.30. The van der Waals surface area contributed by atoms with Crippen molar-refractivity contribution in [1.82, 2.24) is 0 Å². The molecule has 0 radical (unpaired) electrons. The van der Waals surface area contributed by atoms with Crippen molar-refractivity contribution in [1.29, 1.82) is 0 Å². The standard InChI is InChI=1S/C37H44N6O3/c1-24-19-30(34(44)3-2-18-38)14-17-33(24)27-8-4-25(5-9-27)20-31(21-35(45)28-10-6-26(22-39)7-11-28)37(46)42-32-15-12-29(13-16-32)36-40-23-41-43-36/h4-5,8-9,12-17,19,26,28,31H,2-3,6-7,10-11,18,20-23,38-39H2,1H3,(H,42,46)/t26?,28?,31-/m1/s1. The van der Waals surface area contributed by atoms with E-state index in [2.05, 4.69) is 20.5 Å². The Balaban J connectivity index is 1.29. The number of hydrogen-bond acceptors (Lipinski definition) is 8. The van der Waals surface area contributed by atoms with Gasteiger partial charge in [0.25, 0.3) is 0 Å². The lowest BCUT2D eigenvalue weighted by Crippen LogP contribution is -2.31. The third-order valence-corrected chi connectivity index (χ3v) is 9.22. The molecule has 3 aromatic carbocycles. The summed E-state index contributed by atoms with van der Waals surface area (Å²) in [6.45, 7) is 3.50. The summed E-state index contributed by atoms with van der Waals surface area (Å²) in [4.78, 5) is 43.9. The second-order valence-electron chi connectivity index (χ2n) is 12.5. The molecule has 1 fully saturated rings. The van der Waals surface area contributed by atoms with E-state index in [1.165, 1.54) is 0 Å². The first-order chi connectivity index (χ1) is 22.3. The van der Waals surface area contributed by atoms with Gasteiger partial charge in [-0.25, -0.2) is 4.99 Å². The number of hydrogen-bond donors (Lipinski definition) is 3. The number of nitrogens with zero attached hydrogens (tertiary/aromatic N) is 3. The van der Waals surface area contributed by atoms with Crippen molar-refractivity contribution < 1.29 is 14.4 Å². The van der Waals surface area contributed by atoms with Crippen LogP contribution in [0.1, 0.15) is 72.0 Å². The largest absolute Gasteiger partial charge is 0.330 e. The second-order valence-corrected chi connectivity index (χ2v) is 12.5. The maximum absolute atomic E-state index is 13.7. The molecule has 0 bridgehead atoms. The maximum atomic E-state index is 13.7. The number of Topliss-reactive ketones (excluding diaryl/α,β-unsaturated/α-hetero) is 2. The molecule has 5 rings (SSSR count). The zero-order valence-electron chi connectivity index (χ0n) is 26.6. The number of amides is 1. The highest BCUT2D eigenvalue weighted by Crippen LogP contribution is 2.31. The first kappa shape index (κ1) is 33.0. The Labute approximate surface area is 271 Å². The van der Waals surface area contributed by atoms with E-state index in [0.29, 0.717) is 62.0 Å². The number of amidine groups is 1. The Kier molecular flexibility index (Phi) is 11.3. The molecule has 0 unspecified atom stereocenters. The number of anilines is 1. The van der Waals surface area contributed by atoms with Crippen LogP contribution in [0.15, 0.2) is 82.0 Å². The number of nitrogens with one attached hydrogen (secondary N) is 1. The molecule has 0 aromatic heterocycles. The third-order valence-electron chi connectivity index (χ3n) is 9.22. The van der Waals surface area contributed by atoms with Crippen LogP contribution in [-0.4, -0.2) is 43.1 Å². The van der Waals surface area contributed by atoms with Gasteiger partial charge in [0.05, 0.1) is 0 Å². The first-order valence-electron chi connectivity index (χ1n) is 16.3. The minimum Gasteiger partial charge on any atom is -0.330 e. The fourth-order valence-corrected chi connectivity index (χ4v) is 6.38. The van der Waals surface area contributed by atoms with Crippen LogP contribution in [-0.2, 0) is 16.0 Å². The number of aryl methyl sites for hydroxylation is 1. The molecule has 9 heteroatoms. The highest BCUT2D eigenvalue weighted by atomic mass is 16.2. The number of azo groups is 1. The monoisotopic (exact) mass is 620 g/mol. The number of carbonyl (C=O) groups excluding carboxylic acids is 3. The van der Waals surface area contributed by atoms with E-state index in [0.717, 1.165) is 53.5 Å². The number of benzene rings is 3. The minimum atomic E-state index is -0.515. The van der Waals surface area contributed by atoms with Crippen LogP contribution in [0, 0.1) is 24.7 Å². The van der Waals surface area contributed by atoms with Crippen LogP contribution >= 0.6 is 0 Å². The number of ketones is 2. The molecule has 1 aliphatic carbocycles. The average molecular weight is 621 g/mol. The molecule has 1 heterocycles. The Morgan fingerprint density at radius 2 is 1.63 bits per heavy atom. The zero-order valence-corrected chi connectivity index (χ0v) is 26.6. The van der Waals surface area contributed by atoms with Gasteiger partial charge in [0.15, 0.2) is 18.3 Å². The molecule has 5 N–H and O–H groups in total. The van der Waals surface area contributed by atoms with Gasteiger partial charge in [-0.3, -0.25) is 14.4 Å². The predicted octanol–water partition coefficient (Wildman–Crippen LogP) is 6.28. The van der Waals surface area contributed by atoms with Gasteiger partial charge in [-0.2, -0.15) is 5.11 Å². The fraction of sp³-hybridized carbons (Fsp3) is 0.405. The lowest BCUT2D eigenvalue weighted by Gasteiger charge is -2.27. The van der Waals surface area contributed by atoms with Gasteiger partial charge in [0.2, 0.25) is 5.91 Å². The topological polar surface area (TPSA) is 152 Å². The quantitative estimate of drug-likeness (QED) is 0.181. The van der Waals surface area contributed by atoms with E-state index in [1.54, 1.807) is 0 Å². The summed E-state index contributed by atoms with van der Waals surface area (Å²) < 4.78 is 0. The summed E-state index contributed by atoms with van der Waals surface area (Å²) in [5.74, 6) is 0.614. The molecule has 0 spiro atoms. The number of nitrogens with two attached hydrogens (primary N) is 2. The summed E-state index contributed by atoms with van der Waals surface area (Å²) in [7, 11) is 0. The molecular formula is C37H44N6O3. The van der Waals surface area contributed by atoms with Crippen molar-refractivity contribution in [2.45, 2.75) is 58.3 Å². The van der Waals surface area contributed by atoms with Crippen molar-refractivity contribution in [2.24, 2.45) is 44.4 Å². The van der Waals surface area contributed by atoms with Crippen LogP contribution in [0.3, 0.4) is 0 Å². The number of carbonyl (C=O) groups is 3. The van der Waals surface area contributed by atoms with E-state index in [-0.39, 0.29) is 29.8 Å². The van der Waals surface area contributed by atoms with Crippen LogP contribution in [0.2, 0.25) is 0 Å². The van der Waals surface area contributed by atoms with Gasteiger partial charge < -0.3 is 16.8 Å². The normalized spacial score (nSPS) is 18.2. The van der Waals surface area contributed by atoms with Crippen LogP contribution in [0.25, 0.3) is 11.1 Å². The smallest absolute Gasteiger partial charge is 0.228 e. The maximum Gasteiger partial charge on any atom is 0.228 e. The highest BCUT2D eigenvalue weighted by molar-refractivity contribution is 6.01. The van der Waals surface area contributed by atoms with Gasteiger partial charge >= 0.3 is 0 Å². The van der Waals surface area contributed by atoms with Gasteiger partial charge in [-0.05, 0) is 117 Å². The molecule has 46 heavy (non-hydrogen) atoms. The lowest BCUT2D eigenvalue weighted by molar-refractivity contribution is -0.129. The summed E-state index contributed by atoms with van der Waals surface area (Å²) in [5.41, 5.74) is 17.7. The van der Waals surface area contributed by atoms with Crippen LogP contribution < -0.4 is 16.8 Å². The Hall–Kier alpha value is -4.34. The molecule has 3 aromatic rings. The van der Waals surface area contributed by atoms with Gasteiger partial charge in [-0.1, -0.05) is 36.4 Å². The van der Waals surface area contributed by atoms with Crippen molar-refractivity contribution in [3.8, 4) is 11.1 Å². The summed E-state index contributed by atoms with van der Waals surface area (Å²) >= 11 is 0. The minimum absolute atomic E-state index is 0.0192. The number of aliphatic imine (C=N–C) groups is 1. The van der Waals surface area contributed by atoms with Crippen molar-refractivity contribution in [3.63, 3.8) is 0 Å². The Morgan fingerprint density at radius 1 is 0.913 bits per heavy atom. The number of rotatable bonds is 14. The fourth-order valence-electron chi connectivity index (χ4n) is 6.38. The molecule has 0 saturated heterocycles. The van der Waals surface area contributed by atoms with Crippen LogP contribution in [0.4, 0.5) is 5.69 Å². The average Bonchev–Trinajstić information content (AvgIpc) is 3.63. The Morgan fingerprint density at radius 3 is 2.26 bits per heavy atom. The summed E-state index contributed by atoms with van der Waals surface area (Å²) in [6, 6.07) is 21.3. The summed E-state index contributed by atoms with van der Waals surface area (Å²) in [6.07, 6.45) is 5.36. The van der Waals surface area contributed by atoms with E-state index in [9.17, 15) is 14.4 Å². The van der Waals surface area contributed by atoms with Crippen molar-refractivity contribution in [2.75, 3.05) is 25.1 Å². The molecule has 2 aliphatic rings. The summed E-state index contributed by atoms with van der Waals surface area (Å²) in [5, 5.41) is 11.0. The molecule has 1 aliphatic heterocycles. The van der Waals surface area contributed by atoms with Gasteiger partial charge in [0.1, 0.15) is 5.78 Å². The van der Waals surface area contributed by atoms with Crippen molar-refractivity contribution >= 4 is 29.0 Å². The first-order valence-corrected chi connectivity index (χ1v) is 16.3. The Bertz CT molecular complexity index is 1590. The molecule has 9 nitrogen and oxygen atoms in total. The molecule has 1 saturated carbocycles. The molecule has 1 atom stereocenters. The SMILES string of the molecule is Cc1cc(C(=O)CCCN)ccc1-c1ccc(C[C@H](CC(=O)C2CCC(CN)CC2)C(=O)Nc2ccc(C3=NCN=N3)cc2)cc1. The molecular weight excluding hydrogens is 576 g/mol. The van der Waals surface area contributed by atoms with E-state index < -0.39 is 5.92 Å². The van der Waals surface area contributed by atoms with Crippen molar-refractivity contribution in [3.05, 3.63) is 89.0 Å². The molecule has 1 amide bonds. The predicted molar refractivity (Wildman–Crippen MR) is 182 cm³/mol. The third kappa shape index (κ3) is 8.47. The van der Waals surface area contributed by atoms with E-state index >= 15 is 0 Å². The lowest BCUT2D eigenvalue weighted by atomic mass is 9.77. The van der Waals surface area contributed by atoms with E-state index in [1.807, 2.05) is 73.7 Å². The van der Waals surface area contributed by atoms with Gasteiger partial charge in [-0.15, -0.1) is 5.11 Å². The second kappa shape index (κ2) is 15.8. The zero-order chi connectivity index (χ0) is 32.5. The van der Waals surface area contributed by atoms with Gasteiger partial charge in [0, 0.05) is 41.5 Å². The van der Waals surface area contributed by atoms with E-state index in [4.69, 9.17) is 11.5 Å².